The standard InChI is InChI=1S/C19H20FN3O3/c1-8-16-11(17(16)21)6-22(8)15-5-14-10(4-13(15)20)18(24)12(19(25)26)7-23(14)9-2-3-9/h4-5,7-9,11,16-17H,2-3,6,21H2,1H3,(H,25,26). The Morgan fingerprint density at radius 1 is 1.35 bits per heavy atom. The van der Waals surface area contributed by atoms with E-state index in [1.807, 2.05) is 9.47 Å². The quantitative estimate of drug-likeness (QED) is 0.877. The molecule has 3 N–H and O–H groups in total. The molecular weight excluding hydrogens is 337 g/mol. The number of carboxylic acid groups (broad SMARTS) is 1. The van der Waals surface area contributed by atoms with Crippen LogP contribution in [0.15, 0.2) is 23.1 Å². The summed E-state index contributed by atoms with van der Waals surface area (Å²) < 4.78 is 16.7. The molecule has 4 unspecified atom stereocenters. The summed E-state index contributed by atoms with van der Waals surface area (Å²) in [4.78, 5) is 26.0. The number of aromatic nitrogens is 1. The molecule has 0 spiro atoms. The van der Waals surface area contributed by atoms with Crippen LogP contribution in [0.3, 0.4) is 0 Å². The van der Waals surface area contributed by atoms with E-state index < -0.39 is 17.2 Å². The number of pyridine rings is 1. The Hall–Kier alpha value is -2.41. The molecule has 2 saturated carbocycles. The maximum Gasteiger partial charge on any atom is 0.341 e. The van der Waals surface area contributed by atoms with Gasteiger partial charge in [0.25, 0.3) is 0 Å². The Morgan fingerprint density at radius 3 is 2.65 bits per heavy atom. The van der Waals surface area contributed by atoms with Crippen molar-refractivity contribution in [2.75, 3.05) is 11.4 Å². The number of hydrogen-bond donors (Lipinski definition) is 2. The van der Waals surface area contributed by atoms with Gasteiger partial charge in [0, 0.05) is 42.2 Å². The fraction of sp³-hybridized carbons (Fsp3) is 0.474. The van der Waals surface area contributed by atoms with Crippen LogP contribution in [0.2, 0.25) is 0 Å². The van der Waals surface area contributed by atoms with Crippen molar-refractivity contribution in [2.24, 2.45) is 17.6 Å². The van der Waals surface area contributed by atoms with Crippen LogP contribution in [-0.2, 0) is 0 Å². The molecule has 0 bridgehead atoms. The Labute approximate surface area is 149 Å². The second-order valence-electron chi connectivity index (χ2n) is 7.85. The van der Waals surface area contributed by atoms with Gasteiger partial charge in [0.05, 0.1) is 11.2 Å². The lowest BCUT2D eigenvalue weighted by molar-refractivity contribution is 0.0695. The first-order chi connectivity index (χ1) is 12.4. The fourth-order valence-corrected chi connectivity index (χ4v) is 4.66. The van der Waals surface area contributed by atoms with E-state index in [9.17, 15) is 19.1 Å². The Kier molecular flexibility index (Phi) is 3.08. The third kappa shape index (κ3) is 2.06. The maximum absolute atomic E-state index is 14.9. The fourth-order valence-electron chi connectivity index (χ4n) is 4.66. The molecule has 2 aromatic rings. The van der Waals surface area contributed by atoms with Crippen molar-refractivity contribution in [1.29, 1.82) is 0 Å². The monoisotopic (exact) mass is 357 g/mol. The lowest BCUT2D eigenvalue weighted by Gasteiger charge is -2.29. The van der Waals surface area contributed by atoms with Gasteiger partial charge in [-0.05, 0) is 37.8 Å². The van der Waals surface area contributed by atoms with Gasteiger partial charge >= 0.3 is 5.97 Å². The normalized spacial score (nSPS) is 29.9. The number of nitrogens with zero attached hydrogens (tertiary/aromatic N) is 2. The number of aromatic carboxylic acids is 1. The number of carboxylic acids is 1. The van der Waals surface area contributed by atoms with Crippen molar-refractivity contribution >= 4 is 22.6 Å². The van der Waals surface area contributed by atoms with Gasteiger partial charge in [-0.25, -0.2) is 9.18 Å². The minimum absolute atomic E-state index is 0.131. The van der Waals surface area contributed by atoms with E-state index in [-0.39, 0.29) is 29.1 Å². The summed E-state index contributed by atoms with van der Waals surface area (Å²) in [6, 6.07) is 3.44. The first-order valence-corrected chi connectivity index (χ1v) is 9.02. The summed E-state index contributed by atoms with van der Waals surface area (Å²) in [5, 5.41) is 9.45. The van der Waals surface area contributed by atoms with Gasteiger partial charge in [0.15, 0.2) is 0 Å². The van der Waals surface area contributed by atoms with Crippen molar-refractivity contribution in [1.82, 2.24) is 4.57 Å². The molecule has 5 rings (SSSR count). The molecule has 1 aromatic heterocycles. The lowest BCUT2D eigenvalue weighted by Crippen LogP contribution is -2.36. The van der Waals surface area contributed by atoms with Crippen LogP contribution < -0.4 is 16.1 Å². The summed E-state index contributed by atoms with van der Waals surface area (Å²) >= 11 is 0. The molecule has 0 radical (unpaired) electrons. The predicted octanol–water partition coefficient (Wildman–Crippen LogP) is 1.96. The molecule has 3 fully saturated rings. The van der Waals surface area contributed by atoms with Gasteiger partial charge in [-0.1, -0.05) is 0 Å². The van der Waals surface area contributed by atoms with E-state index in [0.29, 0.717) is 23.0 Å². The van der Waals surface area contributed by atoms with E-state index >= 15 is 0 Å². The molecule has 1 saturated heterocycles. The van der Waals surface area contributed by atoms with Crippen molar-refractivity contribution in [3.8, 4) is 0 Å². The van der Waals surface area contributed by atoms with Gasteiger partial charge in [0.1, 0.15) is 11.4 Å². The summed E-state index contributed by atoms with van der Waals surface area (Å²) in [5.41, 5.74) is 6.19. The SMILES string of the molecule is CC1C2C(N)C2CN1c1cc2c(cc1F)c(=O)c(C(=O)O)cn2C1CC1. The Bertz CT molecular complexity index is 1010. The molecular formula is C19H20FN3O3. The molecule has 0 amide bonds. The van der Waals surface area contributed by atoms with Gasteiger partial charge in [-0.15, -0.1) is 0 Å². The first-order valence-electron chi connectivity index (χ1n) is 9.02. The minimum Gasteiger partial charge on any atom is -0.477 e. The van der Waals surface area contributed by atoms with Crippen LogP contribution in [0.4, 0.5) is 10.1 Å². The van der Waals surface area contributed by atoms with E-state index in [4.69, 9.17) is 5.73 Å². The van der Waals surface area contributed by atoms with Gasteiger partial charge in [-0.3, -0.25) is 4.79 Å². The molecule has 6 nitrogen and oxygen atoms in total. The van der Waals surface area contributed by atoms with Gasteiger partial charge < -0.3 is 20.3 Å². The number of benzene rings is 1. The summed E-state index contributed by atoms with van der Waals surface area (Å²) in [6.07, 6.45) is 3.28. The molecule has 4 atom stereocenters. The molecule has 2 heterocycles. The molecule has 1 aromatic carbocycles. The number of anilines is 1. The highest BCUT2D eigenvalue weighted by Gasteiger charge is 2.58. The number of hydrogen-bond acceptors (Lipinski definition) is 4. The van der Waals surface area contributed by atoms with Crippen LogP contribution >= 0.6 is 0 Å². The Balaban J connectivity index is 1.69. The lowest BCUT2D eigenvalue weighted by atomic mass is 10.1. The van der Waals surface area contributed by atoms with Crippen molar-refractivity contribution in [3.05, 3.63) is 39.9 Å². The highest BCUT2D eigenvalue weighted by molar-refractivity contribution is 5.93. The van der Waals surface area contributed by atoms with Crippen LogP contribution in [0.25, 0.3) is 10.9 Å². The highest BCUT2D eigenvalue weighted by atomic mass is 19.1. The van der Waals surface area contributed by atoms with Crippen LogP contribution in [0.1, 0.15) is 36.2 Å². The second kappa shape index (κ2) is 5.07. The largest absolute Gasteiger partial charge is 0.477 e. The highest BCUT2D eigenvalue weighted by Crippen LogP contribution is 2.50. The maximum atomic E-state index is 14.9. The molecule has 1 aliphatic heterocycles. The Morgan fingerprint density at radius 2 is 2.08 bits per heavy atom. The van der Waals surface area contributed by atoms with Gasteiger partial charge in [0.2, 0.25) is 5.43 Å². The molecule has 136 valence electrons. The average Bonchev–Trinajstić information content (AvgIpc) is 3.49. The zero-order valence-corrected chi connectivity index (χ0v) is 14.4. The van der Waals surface area contributed by atoms with Crippen molar-refractivity contribution in [2.45, 2.75) is 37.9 Å². The molecule has 7 heteroatoms. The number of carbonyl (C=O) groups is 1. The number of rotatable bonds is 3. The number of fused-ring (bicyclic) bond motifs is 2. The third-order valence-corrected chi connectivity index (χ3v) is 6.33. The smallest absolute Gasteiger partial charge is 0.341 e. The third-order valence-electron chi connectivity index (χ3n) is 6.33. The molecule has 26 heavy (non-hydrogen) atoms. The molecule has 3 aliphatic rings. The zero-order chi connectivity index (χ0) is 18.3. The summed E-state index contributed by atoms with van der Waals surface area (Å²) in [5.74, 6) is -0.968. The minimum atomic E-state index is -1.28. The van der Waals surface area contributed by atoms with E-state index in [0.717, 1.165) is 19.4 Å². The van der Waals surface area contributed by atoms with Crippen LogP contribution in [0.5, 0.6) is 0 Å². The van der Waals surface area contributed by atoms with Crippen molar-refractivity contribution in [3.63, 3.8) is 0 Å². The zero-order valence-electron chi connectivity index (χ0n) is 14.4. The van der Waals surface area contributed by atoms with Gasteiger partial charge in [-0.2, -0.15) is 0 Å². The van der Waals surface area contributed by atoms with Crippen molar-refractivity contribution < 1.29 is 14.3 Å². The summed E-state index contributed by atoms with van der Waals surface area (Å²) in [6.45, 7) is 2.78. The number of piperidine rings is 1. The van der Waals surface area contributed by atoms with Crippen LogP contribution in [0, 0.1) is 17.7 Å². The average molecular weight is 357 g/mol. The van der Waals surface area contributed by atoms with E-state index in [1.165, 1.54) is 12.3 Å². The summed E-state index contributed by atoms with van der Waals surface area (Å²) in [7, 11) is 0. The second-order valence-corrected chi connectivity index (χ2v) is 7.85. The molecule has 2 aliphatic carbocycles. The number of nitrogens with two attached hydrogens (primary N) is 1. The number of halogens is 1. The topological polar surface area (TPSA) is 88.6 Å². The van der Waals surface area contributed by atoms with Crippen LogP contribution in [-0.4, -0.2) is 34.3 Å². The predicted molar refractivity (Wildman–Crippen MR) is 95.2 cm³/mol. The van der Waals surface area contributed by atoms with E-state index in [1.54, 1.807) is 6.07 Å². The van der Waals surface area contributed by atoms with E-state index in [2.05, 4.69) is 6.92 Å². The first kappa shape index (κ1) is 15.8.